The second kappa shape index (κ2) is 7.57. The smallest absolute Gasteiger partial charge is 0.173 e. The molecule has 0 bridgehead atoms. The fraction of sp³-hybridized carbons (Fsp3) is 0.467. The van der Waals surface area contributed by atoms with E-state index in [0.29, 0.717) is 5.75 Å². The highest BCUT2D eigenvalue weighted by Crippen LogP contribution is 2.21. The van der Waals surface area contributed by atoms with E-state index in [-0.39, 0.29) is 5.78 Å². The predicted octanol–water partition coefficient (Wildman–Crippen LogP) is 4.38. The van der Waals surface area contributed by atoms with Gasteiger partial charge >= 0.3 is 0 Å². The molecule has 108 valence electrons. The number of carbonyl (C=O) groups is 1. The number of piperidine rings is 1. The molecule has 1 aromatic carbocycles. The third-order valence-corrected chi connectivity index (χ3v) is 5.59. The Bertz CT molecular complexity index is 481. The number of thiocarbonyl (C=S) groups is 1. The Hall–Kier alpha value is -0.390. The maximum absolute atomic E-state index is 12.1. The predicted molar refractivity (Wildman–Crippen MR) is 93.5 cm³/mol. The highest BCUT2D eigenvalue weighted by molar-refractivity contribution is 9.10. The third-order valence-electron chi connectivity index (χ3n) is 3.53. The Balaban J connectivity index is 1.81. The lowest BCUT2D eigenvalue weighted by molar-refractivity contribution is 0.102. The van der Waals surface area contributed by atoms with Crippen LogP contribution >= 0.6 is 39.9 Å². The van der Waals surface area contributed by atoms with Crippen LogP contribution in [-0.4, -0.2) is 33.8 Å². The summed E-state index contributed by atoms with van der Waals surface area (Å²) in [5.74, 6) is 1.35. The Morgan fingerprint density at radius 2 is 1.95 bits per heavy atom. The van der Waals surface area contributed by atoms with Crippen LogP contribution in [-0.2, 0) is 0 Å². The van der Waals surface area contributed by atoms with E-state index in [2.05, 4.69) is 27.8 Å². The van der Waals surface area contributed by atoms with E-state index in [9.17, 15) is 4.79 Å². The van der Waals surface area contributed by atoms with E-state index in [0.717, 1.165) is 33.4 Å². The van der Waals surface area contributed by atoms with Crippen LogP contribution in [0.3, 0.4) is 0 Å². The van der Waals surface area contributed by atoms with Gasteiger partial charge in [0.05, 0.1) is 5.75 Å². The van der Waals surface area contributed by atoms with Crippen LogP contribution < -0.4 is 0 Å². The molecule has 1 aliphatic heterocycles. The Kier molecular flexibility index (Phi) is 6.05. The second-order valence-corrected chi connectivity index (χ2v) is 7.68. The third kappa shape index (κ3) is 4.57. The lowest BCUT2D eigenvalue weighted by Gasteiger charge is -2.31. The number of hydrogen-bond acceptors (Lipinski definition) is 3. The number of halogens is 1. The molecule has 1 heterocycles. The molecule has 0 radical (unpaired) electrons. The lowest BCUT2D eigenvalue weighted by atomic mass is 10.00. The van der Waals surface area contributed by atoms with Crippen molar-refractivity contribution in [2.45, 2.75) is 19.8 Å². The van der Waals surface area contributed by atoms with Crippen molar-refractivity contribution in [2.75, 3.05) is 18.8 Å². The number of hydrogen-bond donors (Lipinski definition) is 0. The van der Waals surface area contributed by atoms with Crippen molar-refractivity contribution in [1.82, 2.24) is 4.90 Å². The summed E-state index contributed by atoms with van der Waals surface area (Å²) in [6.07, 6.45) is 2.39. The monoisotopic (exact) mass is 371 g/mol. The average Bonchev–Trinajstić information content (AvgIpc) is 2.46. The average molecular weight is 372 g/mol. The van der Waals surface area contributed by atoms with Crippen molar-refractivity contribution in [3.8, 4) is 0 Å². The summed E-state index contributed by atoms with van der Waals surface area (Å²) in [6, 6.07) is 7.47. The zero-order chi connectivity index (χ0) is 14.5. The van der Waals surface area contributed by atoms with Gasteiger partial charge < -0.3 is 4.90 Å². The van der Waals surface area contributed by atoms with Crippen molar-refractivity contribution in [3.63, 3.8) is 0 Å². The van der Waals surface area contributed by atoms with Gasteiger partial charge in [-0.3, -0.25) is 4.79 Å². The molecule has 0 amide bonds. The van der Waals surface area contributed by atoms with Crippen LogP contribution in [0.5, 0.6) is 0 Å². The van der Waals surface area contributed by atoms with E-state index in [1.165, 1.54) is 24.6 Å². The number of carbonyl (C=O) groups excluding carboxylic acids is 1. The fourth-order valence-electron chi connectivity index (χ4n) is 2.13. The molecule has 1 saturated heterocycles. The first-order valence-electron chi connectivity index (χ1n) is 6.76. The van der Waals surface area contributed by atoms with E-state index < -0.39 is 0 Å². The fourth-order valence-corrected chi connectivity index (χ4v) is 3.54. The van der Waals surface area contributed by atoms with Crippen LogP contribution in [0.25, 0.3) is 0 Å². The van der Waals surface area contributed by atoms with Crippen molar-refractivity contribution < 1.29 is 4.79 Å². The molecule has 20 heavy (non-hydrogen) atoms. The standard InChI is InChI=1S/C15H18BrNOS2/c1-11-6-8-17(9-7-11)15(19)20-10-14(18)12-2-4-13(16)5-3-12/h2-5,11H,6-10H2,1H3. The molecule has 0 aliphatic carbocycles. The van der Waals surface area contributed by atoms with Gasteiger partial charge in [-0.05, 0) is 30.9 Å². The summed E-state index contributed by atoms with van der Waals surface area (Å²) in [5.41, 5.74) is 0.746. The van der Waals surface area contributed by atoms with Crippen LogP contribution in [0, 0.1) is 5.92 Å². The topological polar surface area (TPSA) is 20.3 Å². The number of thioether (sulfide) groups is 1. The van der Waals surface area contributed by atoms with Gasteiger partial charge in [-0.15, -0.1) is 0 Å². The van der Waals surface area contributed by atoms with Crippen molar-refractivity contribution >= 4 is 50.0 Å². The van der Waals surface area contributed by atoms with Gasteiger partial charge in [-0.1, -0.05) is 59.0 Å². The summed E-state index contributed by atoms with van der Waals surface area (Å²) >= 11 is 10.3. The molecule has 0 N–H and O–H groups in total. The molecular formula is C15H18BrNOS2. The zero-order valence-corrected chi connectivity index (χ0v) is 14.7. The Morgan fingerprint density at radius 3 is 2.55 bits per heavy atom. The molecule has 0 saturated carbocycles. The number of Topliss-reactive ketones (excluding diaryl/α,β-unsaturated/α-hetero) is 1. The molecule has 2 nitrogen and oxygen atoms in total. The maximum atomic E-state index is 12.1. The van der Waals surface area contributed by atoms with E-state index >= 15 is 0 Å². The van der Waals surface area contributed by atoms with E-state index in [4.69, 9.17) is 12.2 Å². The Labute approximate surface area is 138 Å². The molecule has 1 fully saturated rings. The van der Waals surface area contributed by atoms with Gasteiger partial charge in [0.15, 0.2) is 5.78 Å². The normalized spacial score (nSPS) is 16.2. The summed E-state index contributed by atoms with van der Waals surface area (Å²) in [5, 5.41) is 0. The van der Waals surface area contributed by atoms with Crippen molar-refractivity contribution in [1.29, 1.82) is 0 Å². The lowest BCUT2D eigenvalue weighted by Crippen LogP contribution is -2.35. The summed E-state index contributed by atoms with van der Waals surface area (Å²) in [6.45, 7) is 4.34. The van der Waals surface area contributed by atoms with Gasteiger partial charge in [0, 0.05) is 23.1 Å². The van der Waals surface area contributed by atoms with Crippen LogP contribution in [0.1, 0.15) is 30.1 Å². The van der Waals surface area contributed by atoms with E-state index in [1.54, 1.807) is 0 Å². The van der Waals surface area contributed by atoms with Crippen molar-refractivity contribution in [3.05, 3.63) is 34.3 Å². The number of ketones is 1. The summed E-state index contributed by atoms with van der Waals surface area (Å²) in [7, 11) is 0. The molecule has 0 atom stereocenters. The van der Waals surface area contributed by atoms with Gasteiger partial charge in [-0.2, -0.15) is 0 Å². The first-order valence-corrected chi connectivity index (χ1v) is 8.95. The second-order valence-electron chi connectivity index (χ2n) is 5.15. The number of nitrogens with zero attached hydrogens (tertiary/aromatic N) is 1. The van der Waals surface area contributed by atoms with E-state index in [1.807, 2.05) is 24.3 Å². The summed E-state index contributed by atoms with van der Waals surface area (Å²) < 4.78 is 1.85. The highest BCUT2D eigenvalue weighted by atomic mass is 79.9. The molecule has 0 spiro atoms. The van der Waals surface area contributed by atoms with Gasteiger partial charge in [0.2, 0.25) is 0 Å². The van der Waals surface area contributed by atoms with Crippen LogP contribution in [0.15, 0.2) is 28.7 Å². The van der Waals surface area contributed by atoms with Gasteiger partial charge in [-0.25, -0.2) is 0 Å². The van der Waals surface area contributed by atoms with Gasteiger partial charge in [0.25, 0.3) is 0 Å². The van der Waals surface area contributed by atoms with Crippen LogP contribution in [0.4, 0.5) is 0 Å². The number of rotatable bonds is 3. The minimum absolute atomic E-state index is 0.134. The molecule has 0 unspecified atom stereocenters. The van der Waals surface area contributed by atoms with Crippen molar-refractivity contribution in [2.24, 2.45) is 5.92 Å². The first-order chi connectivity index (χ1) is 9.56. The van der Waals surface area contributed by atoms with Crippen LogP contribution in [0.2, 0.25) is 0 Å². The molecule has 5 heteroatoms. The molecule has 2 rings (SSSR count). The van der Waals surface area contributed by atoms with Gasteiger partial charge in [0.1, 0.15) is 4.32 Å². The first kappa shape index (κ1) is 16.0. The maximum Gasteiger partial charge on any atom is 0.173 e. The largest absolute Gasteiger partial charge is 0.357 e. The minimum Gasteiger partial charge on any atom is -0.357 e. The number of benzene rings is 1. The Morgan fingerprint density at radius 1 is 1.35 bits per heavy atom. The summed E-state index contributed by atoms with van der Waals surface area (Å²) in [4.78, 5) is 14.3. The quantitative estimate of drug-likeness (QED) is 0.579. The molecule has 1 aliphatic rings. The molecule has 1 aromatic rings. The number of likely N-dealkylation sites (tertiary alicyclic amines) is 1. The highest BCUT2D eigenvalue weighted by Gasteiger charge is 2.19. The molecular weight excluding hydrogens is 354 g/mol. The molecule has 0 aromatic heterocycles. The zero-order valence-electron chi connectivity index (χ0n) is 11.5. The SMILES string of the molecule is CC1CCN(C(=S)SCC(=O)c2ccc(Br)cc2)CC1. The minimum atomic E-state index is 0.134.